The molecule has 0 atom stereocenters. The van der Waals surface area contributed by atoms with Gasteiger partial charge in [-0.25, -0.2) is 4.39 Å². The second kappa shape index (κ2) is 6.75. The molecule has 6 heteroatoms. The number of hydrogen-bond donors (Lipinski definition) is 0. The van der Waals surface area contributed by atoms with E-state index >= 15 is 0 Å². The molecule has 0 radical (unpaired) electrons. The number of hydrogen-bond acceptors (Lipinski definition) is 2. The van der Waals surface area contributed by atoms with E-state index in [9.17, 15) is 17.6 Å². The molecule has 1 aliphatic heterocycles. The van der Waals surface area contributed by atoms with Crippen molar-refractivity contribution in [1.29, 1.82) is 0 Å². The van der Waals surface area contributed by atoms with Gasteiger partial charge in [-0.3, -0.25) is 0 Å². The van der Waals surface area contributed by atoms with E-state index in [2.05, 4.69) is 16.8 Å². The third-order valence-corrected chi connectivity index (χ3v) is 3.89. The van der Waals surface area contributed by atoms with Crippen LogP contribution in [0.1, 0.15) is 17.5 Å². The van der Waals surface area contributed by atoms with Crippen LogP contribution in [0.15, 0.2) is 18.2 Å². The van der Waals surface area contributed by atoms with Crippen LogP contribution in [0, 0.1) is 5.82 Å². The fraction of sp³-hybridized carbons (Fsp3) is 0.600. The molecule has 1 aliphatic rings. The number of nitrogens with zero attached hydrogens (tertiary/aromatic N) is 2. The number of piperazine rings is 1. The molecule has 1 aromatic carbocycles. The van der Waals surface area contributed by atoms with Crippen molar-refractivity contribution in [3.05, 3.63) is 35.1 Å². The minimum absolute atomic E-state index is 0.152. The minimum atomic E-state index is -4.42. The van der Waals surface area contributed by atoms with Crippen molar-refractivity contribution < 1.29 is 17.6 Å². The average molecular weight is 304 g/mol. The quantitative estimate of drug-likeness (QED) is 0.789. The minimum Gasteiger partial charge on any atom is -0.304 e. The highest BCUT2D eigenvalue weighted by molar-refractivity contribution is 5.27. The van der Waals surface area contributed by atoms with E-state index in [-0.39, 0.29) is 5.56 Å². The van der Waals surface area contributed by atoms with Crippen LogP contribution in [0.5, 0.6) is 0 Å². The summed E-state index contributed by atoms with van der Waals surface area (Å²) in [5.41, 5.74) is -0.627. The molecule has 118 valence electrons. The summed E-state index contributed by atoms with van der Waals surface area (Å²) < 4.78 is 51.4. The summed E-state index contributed by atoms with van der Waals surface area (Å²) in [6, 6.07) is 2.63. The fourth-order valence-electron chi connectivity index (χ4n) is 2.51. The van der Waals surface area contributed by atoms with Crippen molar-refractivity contribution >= 4 is 0 Å². The van der Waals surface area contributed by atoms with Gasteiger partial charge in [0.1, 0.15) is 5.82 Å². The Kier molecular flexibility index (Phi) is 5.22. The van der Waals surface area contributed by atoms with E-state index in [0.29, 0.717) is 12.8 Å². The molecule has 0 amide bonds. The van der Waals surface area contributed by atoms with Crippen molar-refractivity contribution in [1.82, 2.24) is 9.80 Å². The highest BCUT2D eigenvalue weighted by atomic mass is 19.4. The van der Waals surface area contributed by atoms with Crippen molar-refractivity contribution in [2.75, 3.05) is 39.8 Å². The van der Waals surface area contributed by atoms with Crippen molar-refractivity contribution in [2.24, 2.45) is 0 Å². The molecule has 0 spiro atoms. The Morgan fingerprint density at radius 3 is 2.38 bits per heavy atom. The summed E-state index contributed by atoms with van der Waals surface area (Å²) in [6.45, 7) is 4.71. The zero-order valence-corrected chi connectivity index (χ0v) is 12.1. The van der Waals surface area contributed by atoms with E-state index in [1.54, 1.807) is 0 Å². The Labute approximate surface area is 122 Å². The Hall–Kier alpha value is -1.14. The fourth-order valence-corrected chi connectivity index (χ4v) is 2.51. The number of halogens is 4. The van der Waals surface area contributed by atoms with E-state index in [0.717, 1.165) is 50.9 Å². The summed E-state index contributed by atoms with van der Waals surface area (Å²) in [5, 5.41) is 0. The standard InChI is InChI=1S/C15H20F4N2/c1-20-7-9-21(10-8-20)6-2-3-12-11-13(15(17,18)19)4-5-14(12)16/h4-5,11H,2-3,6-10H2,1H3. The molecule has 2 rings (SSSR count). The van der Waals surface area contributed by atoms with Gasteiger partial charge in [0.05, 0.1) is 5.56 Å². The van der Waals surface area contributed by atoms with Gasteiger partial charge in [0.2, 0.25) is 0 Å². The largest absolute Gasteiger partial charge is 0.416 e. The normalized spacial score (nSPS) is 18.1. The SMILES string of the molecule is CN1CCN(CCCc2cc(C(F)(F)F)ccc2F)CC1. The molecular weight excluding hydrogens is 284 g/mol. The van der Waals surface area contributed by atoms with Crippen LogP contribution in [-0.4, -0.2) is 49.6 Å². The number of benzene rings is 1. The lowest BCUT2D eigenvalue weighted by Gasteiger charge is -2.32. The lowest BCUT2D eigenvalue weighted by molar-refractivity contribution is -0.137. The molecular formula is C15H20F4N2. The highest BCUT2D eigenvalue weighted by Gasteiger charge is 2.31. The number of alkyl halides is 3. The zero-order chi connectivity index (χ0) is 15.5. The van der Waals surface area contributed by atoms with Crippen LogP contribution in [0.3, 0.4) is 0 Å². The molecule has 1 heterocycles. The molecule has 1 saturated heterocycles. The topological polar surface area (TPSA) is 6.48 Å². The average Bonchev–Trinajstić information content (AvgIpc) is 2.42. The third kappa shape index (κ3) is 4.68. The van der Waals surface area contributed by atoms with Gasteiger partial charge in [-0.05, 0) is 50.2 Å². The van der Waals surface area contributed by atoms with Crippen molar-refractivity contribution in [3.8, 4) is 0 Å². The van der Waals surface area contributed by atoms with Crippen LogP contribution >= 0.6 is 0 Å². The Balaban J connectivity index is 1.88. The monoisotopic (exact) mass is 304 g/mol. The molecule has 21 heavy (non-hydrogen) atoms. The Morgan fingerprint density at radius 1 is 1.10 bits per heavy atom. The molecule has 0 saturated carbocycles. The molecule has 1 fully saturated rings. The maximum absolute atomic E-state index is 13.6. The van der Waals surface area contributed by atoms with Gasteiger partial charge in [0.25, 0.3) is 0 Å². The first kappa shape index (κ1) is 16.2. The van der Waals surface area contributed by atoms with Gasteiger partial charge in [-0.2, -0.15) is 13.2 Å². The predicted molar refractivity (Wildman–Crippen MR) is 73.7 cm³/mol. The molecule has 1 aromatic rings. The summed E-state index contributed by atoms with van der Waals surface area (Å²) in [6.07, 6.45) is -3.41. The zero-order valence-electron chi connectivity index (χ0n) is 12.1. The van der Waals surface area contributed by atoms with Crippen LogP contribution < -0.4 is 0 Å². The van der Waals surface area contributed by atoms with Gasteiger partial charge in [0, 0.05) is 26.2 Å². The summed E-state index contributed by atoms with van der Waals surface area (Å²) >= 11 is 0. The third-order valence-electron chi connectivity index (χ3n) is 3.89. The molecule has 0 N–H and O–H groups in total. The van der Waals surface area contributed by atoms with Crippen LogP contribution in [-0.2, 0) is 12.6 Å². The first-order valence-corrected chi connectivity index (χ1v) is 7.13. The first-order chi connectivity index (χ1) is 9.86. The van der Waals surface area contributed by atoms with E-state index in [4.69, 9.17) is 0 Å². The molecule has 2 nitrogen and oxygen atoms in total. The van der Waals surface area contributed by atoms with Gasteiger partial charge >= 0.3 is 6.18 Å². The highest BCUT2D eigenvalue weighted by Crippen LogP contribution is 2.30. The van der Waals surface area contributed by atoms with Gasteiger partial charge in [-0.15, -0.1) is 0 Å². The maximum atomic E-state index is 13.6. The van der Waals surface area contributed by atoms with Gasteiger partial charge in [0.15, 0.2) is 0 Å². The second-order valence-corrected chi connectivity index (χ2v) is 5.55. The molecule has 0 bridgehead atoms. The Bertz CT molecular complexity index is 465. The van der Waals surface area contributed by atoms with E-state index < -0.39 is 17.6 Å². The molecule has 0 unspecified atom stereocenters. The van der Waals surface area contributed by atoms with Crippen LogP contribution in [0.4, 0.5) is 17.6 Å². The van der Waals surface area contributed by atoms with Crippen molar-refractivity contribution in [3.63, 3.8) is 0 Å². The molecule has 0 aliphatic carbocycles. The van der Waals surface area contributed by atoms with E-state index in [1.165, 1.54) is 0 Å². The number of aryl methyl sites for hydroxylation is 1. The number of rotatable bonds is 4. The second-order valence-electron chi connectivity index (χ2n) is 5.55. The van der Waals surface area contributed by atoms with Crippen LogP contribution in [0.25, 0.3) is 0 Å². The molecule has 0 aromatic heterocycles. The summed E-state index contributed by atoms with van der Waals surface area (Å²) in [5.74, 6) is -0.554. The maximum Gasteiger partial charge on any atom is 0.416 e. The summed E-state index contributed by atoms with van der Waals surface area (Å²) in [7, 11) is 2.06. The van der Waals surface area contributed by atoms with Gasteiger partial charge < -0.3 is 9.80 Å². The van der Waals surface area contributed by atoms with Crippen LogP contribution in [0.2, 0.25) is 0 Å². The van der Waals surface area contributed by atoms with E-state index in [1.807, 2.05) is 0 Å². The number of likely N-dealkylation sites (N-methyl/N-ethyl adjacent to an activating group) is 1. The first-order valence-electron chi connectivity index (χ1n) is 7.13. The lowest BCUT2D eigenvalue weighted by Crippen LogP contribution is -2.44. The lowest BCUT2D eigenvalue weighted by atomic mass is 10.0. The van der Waals surface area contributed by atoms with Gasteiger partial charge in [-0.1, -0.05) is 0 Å². The summed E-state index contributed by atoms with van der Waals surface area (Å²) in [4.78, 5) is 4.51. The van der Waals surface area contributed by atoms with Crippen molar-refractivity contribution in [2.45, 2.75) is 19.0 Å². The smallest absolute Gasteiger partial charge is 0.304 e. The Morgan fingerprint density at radius 2 is 1.76 bits per heavy atom. The predicted octanol–water partition coefficient (Wildman–Crippen LogP) is 3.02.